The van der Waals surface area contributed by atoms with Crippen LogP contribution in [0, 0.1) is 5.92 Å². The van der Waals surface area contributed by atoms with Gasteiger partial charge in [-0.25, -0.2) is 0 Å². The second-order valence-electron chi connectivity index (χ2n) is 6.55. The summed E-state index contributed by atoms with van der Waals surface area (Å²) in [6.07, 6.45) is 2.61. The summed E-state index contributed by atoms with van der Waals surface area (Å²) in [5, 5.41) is 4.42. The lowest BCUT2D eigenvalue weighted by molar-refractivity contribution is -0.129. The summed E-state index contributed by atoms with van der Waals surface area (Å²) in [5.74, 6) is 0.963. The minimum Gasteiger partial charge on any atom is -0.348 e. The summed E-state index contributed by atoms with van der Waals surface area (Å²) in [4.78, 5) is 18.6. The van der Waals surface area contributed by atoms with Crippen molar-refractivity contribution in [3.8, 4) is 0 Å². The lowest BCUT2D eigenvalue weighted by Gasteiger charge is -2.36. The van der Waals surface area contributed by atoms with Gasteiger partial charge in [-0.05, 0) is 47.7 Å². The van der Waals surface area contributed by atoms with E-state index in [0.29, 0.717) is 12.6 Å². The van der Waals surface area contributed by atoms with Gasteiger partial charge in [0.05, 0.1) is 6.54 Å². The summed E-state index contributed by atoms with van der Waals surface area (Å²) in [6.45, 7) is 4.98. The zero-order valence-corrected chi connectivity index (χ0v) is 13.8. The highest BCUT2D eigenvalue weighted by Crippen LogP contribution is 2.31. The maximum Gasteiger partial charge on any atom is 0.236 e. The Morgan fingerprint density at radius 1 is 1.43 bits per heavy atom. The third-order valence-electron chi connectivity index (χ3n) is 4.79. The van der Waals surface area contributed by atoms with Crippen LogP contribution in [0.25, 0.3) is 0 Å². The Morgan fingerprint density at radius 2 is 2.29 bits per heavy atom. The molecule has 3 rings (SSSR count). The van der Waals surface area contributed by atoms with Gasteiger partial charge in [-0.3, -0.25) is 14.6 Å². The molecule has 1 aromatic rings. The molecule has 3 heterocycles. The number of hydrogen-bond donors (Lipinski definition) is 0. The molecule has 0 spiro atoms. The van der Waals surface area contributed by atoms with Gasteiger partial charge in [0.1, 0.15) is 0 Å². The molecule has 2 atom stereocenters. The van der Waals surface area contributed by atoms with E-state index in [4.69, 9.17) is 0 Å². The highest BCUT2D eigenvalue weighted by Gasteiger charge is 2.39. The predicted molar refractivity (Wildman–Crippen MR) is 86.4 cm³/mol. The van der Waals surface area contributed by atoms with Crippen LogP contribution in [-0.2, 0) is 11.3 Å². The van der Waals surface area contributed by atoms with E-state index in [2.05, 4.69) is 26.6 Å². The quantitative estimate of drug-likeness (QED) is 0.848. The molecule has 21 heavy (non-hydrogen) atoms. The van der Waals surface area contributed by atoms with E-state index in [1.807, 2.05) is 14.1 Å². The molecule has 116 valence electrons. The number of amides is 1. The van der Waals surface area contributed by atoms with Crippen molar-refractivity contribution in [3.63, 3.8) is 0 Å². The van der Waals surface area contributed by atoms with E-state index >= 15 is 0 Å². The minimum absolute atomic E-state index is 0.220. The summed E-state index contributed by atoms with van der Waals surface area (Å²) < 4.78 is 0. The van der Waals surface area contributed by atoms with Crippen LogP contribution in [-0.4, -0.2) is 66.9 Å². The normalized spacial score (nSPS) is 26.8. The van der Waals surface area contributed by atoms with E-state index in [1.165, 1.54) is 24.9 Å². The Morgan fingerprint density at radius 3 is 3.00 bits per heavy atom. The molecule has 0 N–H and O–H groups in total. The van der Waals surface area contributed by atoms with Crippen LogP contribution in [0.15, 0.2) is 16.8 Å². The second-order valence-corrected chi connectivity index (χ2v) is 7.33. The van der Waals surface area contributed by atoms with Crippen molar-refractivity contribution in [2.45, 2.75) is 25.4 Å². The van der Waals surface area contributed by atoms with Gasteiger partial charge in [0.15, 0.2) is 0 Å². The van der Waals surface area contributed by atoms with Crippen LogP contribution >= 0.6 is 11.3 Å². The molecule has 0 bridgehead atoms. The molecule has 2 aliphatic heterocycles. The van der Waals surface area contributed by atoms with Crippen molar-refractivity contribution in [3.05, 3.63) is 22.4 Å². The monoisotopic (exact) mass is 307 g/mol. The number of nitrogens with zero attached hydrogens (tertiary/aromatic N) is 3. The molecular formula is C16H25N3OS. The highest BCUT2D eigenvalue weighted by molar-refractivity contribution is 7.07. The molecule has 0 unspecified atom stereocenters. The molecule has 2 fully saturated rings. The molecule has 0 aliphatic carbocycles. The van der Waals surface area contributed by atoms with Gasteiger partial charge < -0.3 is 4.90 Å². The number of likely N-dealkylation sites (tertiary alicyclic amines) is 2. The number of carbonyl (C=O) groups is 1. The number of thiophene rings is 1. The molecule has 0 aromatic carbocycles. The fraction of sp³-hybridized carbons (Fsp3) is 0.688. The zero-order chi connectivity index (χ0) is 14.8. The van der Waals surface area contributed by atoms with Crippen molar-refractivity contribution in [2.75, 3.05) is 40.3 Å². The van der Waals surface area contributed by atoms with E-state index in [-0.39, 0.29) is 5.91 Å². The lowest BCUT2D eigenvalue weighted by atomic mass is 9.92. The number of piperidine rings is 1. The van der Waals surface area contributed by atoms with E-state index < -0.39 is 0 Å². The van der Waals surface area contributed by atoms with Gasteiger partial charge in [0.25, 0.3) is 0 Å². The fourth-order valence-electron chi connectivity index (χ4n) is 3.64. The van der Waals surface area contributed by atoms with E-state index in [9.17, 15) is 4.79 Å². The fourth-order valence-corrected chi connectivity index (χ4v) is 4.30. The average Bonchev–Trinajstić information content (AvgIpc) is 3.08. The number of carbonyl (C=O) groups excluding carboxylic acids is 1. The van der Waals surface area contributed by atoms with Crippen molar-refractivity contribution >= 4 is 17.2 Å². The first-order valence-corrected chi connectivity index (χ1v) is 8.75. The van der Waals surface area contributed by atoms with Crippen LogP contribution in [0.4, 0.5) is 0 Å². The average molecular weight is 307 g/mol. The van der Waals surface area contributed by atoms with E-state index in [0.717, 1.165) is 25.6 Å². The highest BCUT2D eigenvalue weighted by atomic mass is 32.1. The Hall–Kier alpha value is -0.910. The van der Waals surface area contributed by atoms with Gasteiger partial charge in [-0.15, -0.1) is 0 Å². The number of rotatable bonds is 4. The van der Waals surface area contributed by atoms with E-state index in [1.54, 1.807) is 16.2 Å². The third-order valence-corrected chi connectivity index (χ3v) is 5.53. The van der Waals surface area contributed by atoms with Crippen LogP contribution in [0.2, 0.25) is 0 Å². The predicted octanol–water partition coefficient (Wildman–Crippen LogP) is 1.73. The third kappa shape index (κ3) is 3.47. The Balaban J connectivity index is 1.61. The standard InChI is InChI=1S/C16H25N3OS/c1-17(2)16(20)11-18-9-14-4-3-6-19(15(14)10-18)8-13-5-7-21-12-13/h5,7,12,14-15H,3-4,6,8-11H2,1-2H3/t14-,15+/m0/s1. The molecule has 2 aliphatic rings. The van der Waals surface area contributed by atoms with Crippen molar-refractivity contribution < 1.29 is 4.79 Å². The first-order chi connectivity index (χ1) is 10.1. The van der Waals surface area contributed by atoms with Gasteiger partial charge >= 0.3 is 0 Å². The summed E-state index contributed by atoms with van der Waals surface area (Å²) in [6, 6.07) is 2.87. The van der Waals surface area contributed by atoms with Crippen molar-refractivity contribution in [1.29, 1.82) is 0 Å². The van der Waals surface area contributed by atoms with Gasteiger partial charge in [-0.1, -0.05) is 0 Å². The van der Waals surface area contributed by atoms with Crippen molar-refractivity contribution in [1.82, 2.24) is 14.7 Å². The van der Waals surface area contributed by atoms with Crippen LogP contribution in [0.5, 0.6) is 0 Å². The molecule has 0 saturated carbocycles. The molecule has 4 nitrogen and oxygen atoms in total. The number of hydrogen-bond acceptors (Lipinski definition) is 4. The van der Waals surface area contributed by atoms with Gasteiger partial charge in [-0.2, -0.15) is 11.3 Å². The summed E-state index contributed by atoms with van der Waals surface area (Å²) in [5.41, 5.74) is 1.43. The number of likely N-dealkylation sites (N-methyl/N-ethyl adjacent to an activating group) is 1. The first-order valence-electron chi connectivity index (χ1n) is 7.81. The van der Waals surface area contributed by atoms with Crippen LogP contribution < -0.4 is 0 Å². The maximum absolute atomic E-state index is 11.9. The molecule has 0 radical (unpaired) electrons. The summed E-state index contributed by atoms with van der Waals surface area (Å²) in [7, 11) is 3.68. The Labute approximate surface area is 131 Å². The second kappa shape index (κ2) is 6.46. The molecule has 5 heteroatoms. The lowest BCUT2D eigenvalue weighted by Crippen LogP contribution is -2.44. The van der Waals surface area contributed by atoms with Gasteiger partial charge in [0, 0.05) is 39.8 Å². The smallest absolute Gasteiger partial charge is 0.236 e. The van der Waals surface area contributed by atoms with Crippen LogP contribution in [0.1, 0.15) is 18.4 Å². The van der Waals surface area contributed by atoms with Crippen molar-refractivity contribution in [2.24, 2.45) is 5.92 Å². The largest absolute Gasteiger partial charge is 0.348 e. The molecular weight excluding hydrogens is 282 g/mol. The minimum atomic E-state index is 0.220. The first kappa shape index (κ1) is 15.0. The molecule has 1 aromatic heterocycles. The Bertz CT molecular complexity index is 474. The SMILES string of the molecule is CN(C)C(=O)CN1C[C@@H]2CCCN(Cc3ccsc3)[C@@H]2C1. The summed E-state index contributed by atoms with van der Waals surface area (Å²) >= 11 is 1.78. The maximum atomic E-state index is 11.9. The zero-order valence-electron chi connectivity index (χ0n) is 13.0. The van der Waals surface area contributed by atoms with Gasteiger partial charge in [0.2, 0.25) is 5.91 Å². The number of fused-ring (bicyclic) bond motifs is 1. The molecule has 1 amide bonds. The van der Waals surface area contributed by atoms with Crippen LogP contribution in [0.3, 0.4) is 0 Å². The molecule has 2 saturated heterocycles. The Kier molecular flexibility index (Phi) is 4.62. The topological polar surface area (TPSA) is 26.8 Å².